The molecular weight excluding hydrogens is 522 g/mol. The van der Waals surface area contributed by atoms with Gasteiger partial charge < -0.3 is 35.7 Å². The second-order valence-corrected chi connectivity index (χ2v) is 8.90. The van der Waals surface area contributed by atoms with Crippen LogP contribution in [0.4, 0.5) is 0 Å². The van der Waals surface area contributed by atoms with Crippen molar-refractivity contribution in [3.8, 4) is 0 Å². The first-order chi connectivity index (χ1) is 19.0. The minimum absolute atomic E-state index is 0.331. The van der Waals surface area contributed by atoms with Crippen molar-refractivity contribution in [2.24, 2.45) is 0 Å². The monoisotopic (exact) mass is 555 g/mol. The molecule has 2 saturated heterocycles. The van der Waals surface area contributed by atoms with E-state index in [0.717, 1.165) is 0 Å². The number of piperidine rings is 1. The summed E-state index contributed by atoms with van der Waals surface area (Å²) in [6, 6.07) is 24.5. The van der Waals surface area contributed by atoms with E-state index in [2.05, 4.69) is 0 Å². The molecule has 2 heterocycles. The summed E-state index contributed by atoms with van der Waals surface area (Å²) in [6.45, 7) is 1.01. The van der Waals surface area contributed by atoms with E-state index in [-0.39, 0.29) is 0 Å². The molecule has 214 valence electrons. The number of fused-ring (bicyclic) bond motifs is 1. The molecule has 0 spiro atoms. The van der Waals surface area contributed by atoms with Crippen molar-refractivity contribution < 1.29 is 50.1 Å². The van der Waals surface area contributed by atoms with Gasteiger partial charge in [-0.05, 0) is 42.8 Å². The summed E-state index contributed by atoms with van der Waals surface area (Å²) in [5.74, 6) is -2.64. The summed E-state index contributed by atoms with van der Waals surface area (Å²) < 4.78 is 0. The van der Waals surface area contributed by atoms with E-state index in [1.54, 1.807) is 91.0 Å². The first kappa shape index (κ1) is 32.1. The summed E-state index contributed by atoms with van der Waals surface area (Å²) >= 11 is 0. The SMILES string of the molecule is O=C(O)c1ccccc1.O=C(O)c1ccccc1.O=C(O)c1ccccc1.OC1CN2CCC(O)C2C(O)C1O. The number of carbonyl (C=O) groups is 3. The van der Waals surface area contributed by atoms with Gasteiger partial charge >= 0.3 is 17.9 Å². The maximum Gasteiger partial charge on any atom is 0.335 e. The highest BCUT2D eigenvalue weighted by molar-refractivity contribution is 5.88. The zero-order valence-electron chi connectivity index (χ0n) is 21.5. The van der Waals surface area contributed by atoms with Crippen LogP contribution in [0.1, 0.15) is 37.5 Å². The van der Waals surface area contributed by atoms with E-state index in [0.29, 0.717) is 36.2 Å². The molecule has 0 radical (unpaired) electrons. The van der Waals surface area contributed by atoms with Crippen LogP contribution in [-0.4, -0.2) is 102 Å². The quantitative estimate of drug-likeness (QED) is 0.248. The minimum Gasteiger partial charge on any atom is -0.478 e. The van der Waals surface area contributed by atoms with Gasteiger partial charge in [0, 0.05) is 13.1 Å². The molecule has 11 nitrogen and oxygen atoms in total. The third kappa shape index (κ3) is 9.88. The van der Waals surface area contributed by atoms with Gasteiger partial charge in [0.15, 0.2) is 0 Å². The standard InChI is InChI=1S/C8H15NO4.3C7H6O2/c10-4-1-2-9-3-5(11)7(12)8(13)6(4)9;3*8-7(9)6-4-2-1-3-5-6/h4-8,10-13H,1-3H2;3*1-5H,(H,8,9). The summed E-state index contributed by atoms with van der Waals surface area (Å²) in [4.78, 5) is 32.4. The number of hydrogen-bond donors (Lipinski definition) is 7. The fourth-order valence-electron chi connectivity index (χ4n) is 4.04. The van der Waals surface area contributed by atoms with E-state index >= 15 is 0 Å². The zero-order valence-corrected chi connectivity index (χ0v) is 21.5. The van der Waals surface area contributed by atoms with Crippen molar-refractivity contribution in [1.82, 2.24) is 4.90 Å². The Morgan fingerprint density at radius 2 is 0.900 bits per heavy atom. The smallest absolute Gasteiger partial charge is 0.335 e. The van der Waals surface area contributed by atoms with Crippen LogP contribution >= 0.6 is 0 Å². The Labute approximate surface area is 230 Å². The number of rotatable bonds is 3. The van der Waals surface area contributed by atoms with Crippen molar-refractivity contribution in [2.45, 2.75) is 36.9 Å². The van der Waals surface area contributed by atoms with Gasteiger partial charge in [-0.15, -0.1) is 0 Å². The molecule has 2 aliphatic rings. The second kappa shape index (κ2) is 16.1. The fraction of sp³-hybridized carbons (Fsp3) is 0.276. The molecule has 3 aromatic rings. The third-order valence-electron chi connectivity index (χ3n) is 6.11. The van der Waals surface area contributed by atoms with Crippen LogP contribution in [0.25, 0.3) is 0 Å². The lowest BCUT2D eigenvalue weighted by atomic mass is 9.93. The van der Waals surface area contributed by atoms with Crippen molar-refractivity contribution in [1.29, 1.82) is 0 Å². The van der Waals surface area contributed by atoms with Gasteiger partial charge in [-0.2, -0.15) is 0 Å². The number of benzene rings is 3. The molecule has 0 aromatic heterocycles. The zero-order chi connectivity index (χ0) is 29.7. The predicted octanol–water partition coefficient (Wildman–Crippen LogP) is 1.67. The van der Waals surface area contributed by atoms with Gasteiger partial charge in [-0.1, -0.05) is 54.6 Å². The minimum atomic E-state index is -1.13. The molecule has 11 heteroatoms. The maximum absolute atomic E-state index is 10.2. The average molecular weight is 556 g/mol. The lowest BCUT2D eigenvalue weighted by Gasteiger charge is -2.40. The molecule has 2 fully saturated rings. The molecule has 40 heavy (non-hydrogen) atoms. The van der Waals surface area contributed by atoms with Gasteiger partial charge in [0.1, 0.15) is 12.2 Å². The third-order valence-corrected chi connectivity index (χ3v) is 6.11. The second-order valence-electron chi connectivity index (χ2n) is 8.90. The van der Waals surface area contributed by atoms with Crippen molar-refractivity contribution in [3.05, 3.63) is 108 Å². The highest BCUT2D eigenvalue weighted by atomic mass is 16.4. The molecule has 0 saturated carbocycles. The van der Waals surface area contributed by atoms with E-state index in [1.165, 1.54) is 0 Å². The molecule has 3 aromatic carbocycles. The van der Waals surface area contributed by atoms with Crippen LogP contribution in [0.5, 0.6) is 0 Å². The van der Waals surface area contributed by atoms with E-state index in [4.69, 9.17) is 15.3 Å². The normalized spacial score (nSPS) is 22.9. The fourth-order valence-corrected chi connectivity index (χ4v) is 4.04. The summed E-state index contributed by atoms with van der Waals surface area (Å²) in [5.41, 5.74) is 0.993. The largest absolute Gasteiger partial charge is 0.478 e. The van der Waals surface area contributed by atoms with Crippen LogP contribution in [0.15, 0.2) is 91.0 Å². The highest BCUT2D eigenvalue weighted by Gasteiger charge is 2.47. The number of aliphatic hydroxyl groups is 4. The van der Waals surface area contributed by atoms with Crippen LogP contribution in [0.2, 0.25) is 0 Å². The lowest BCUT2D eigenvalue weighted by molar-refractivity contribution is -0.140. The van der Waals surface area contributed by atoms with Gasteiger partial charge in [-0.25, -0.2) is 14.4 Å². The molecular formula is C29H33NO10. The predicted molar refractivity (Wildman–Crippen MR) is 144 cm³/mol. The Bertz CT molecular complexity index is 1080. The molecule has 0 bridgehead atoms. The average Bonchev–Trinajstić information content (AvgIpc) is 3.34. The highest BCUT2D eigenvalue weighted by Crippen LogP contribution is 2.27. The summed E-state index contributed by atoms with van der Waals surface area (Å²) in [6.07, 6.45) is -3.06. The summed E-state index contributed by atoms with van der Waals surface area (Å²) in [7, 11) is 0. The van der Waals surface area contributed by atoms with E-state index < -0.39 is 48.4 Å². The number of aromatic carboxylic acids is 3. The molecule has 7 N–H and O–H groups in total. The molecule has 0 amide bonds. The first-order valence-electron chi connectivity index (χ1n) is 12.3. The Morgan fingerprint density at radius 1 is 0.550 bits per heavy atom. The van der Waals surface area contributed by atoms with Crippen LogP contribution in [0, 0.1) is 0 Å². The summed E-state index contributed by atoms with van der Waals surface area (Å²) in [5, 5.41) is 63.0. The van der Waals surface area contributed by atoms with Gasteiger partial charge in [0.25, 0.3) is 0 Å². The van der Waals surface area contributed by atoms with Crippen molar-refractivity contribution in [2.75, 3.05) is 13.1 Å². The molecule has 0 aliphatic carbocycles. The van der Waals surface area contributed by atoms with Crippen molar-refractivity contribution >= 4 is 17.9 Å². The topological polar surface area (TPSA) is 196 Å². The first-order valence-corrected chi connectivity index (χ1v) is 12.3. The number of carboxylic acid groups (broad SMARTS) is 3. The number of aliphatic hydroxyl groups excluding tert-OH is 4. The van der Waals surface area contributed by atoms with Gasteiger partial charge in [0.2, 0.25) is 0 Å². The number of carboxylic acids is 3. The van der Waals surface area contributed by atoms with E-state index in [1.807, 2.05) is 4.90 Å². The molecule has 2 aliphatic heterocycles. The van der Waals surface area contributed by atoms with Crippen LogP contribution in [-0.2, 0) is 0 Å². The van der Waals surface area contributed by atoms with Crippen LogP contribution in [0.3, 0.4) is 0 Å². The molecule has 5 atom stereocenters. The Hall–Kier alpha value is -4.13. The van der Waals surface area contributed by atoms with Crippen molar-refractivity contribution in [3.63, 3.8) is 0 Å². The number of hydrogen-bond acceptors (Lipinski definition) is 8. The van der Waals surface area contributed by atoms with Crippen LogP contribution < -0.4 is 0 Å². The lowest BCUT2D eigenvalue weighted by Crippen LogP contribution is -2.61. The molecule has 5 unspecified atom stereocenters. The molecule has 5 rings (SSSR count). The maximum atomic E-state index is 10.2. The van der Waals surface area contributed by atoms with E-state index in [9.17, 15) is 34.8 Å². The van der Waals surface area contributed by atoms with Gasteiger partial charge in [0.05, 0.1) is 34.9 Å². The number of nitrogens with zero attached hydrogens (tertiary/aromatic N) is 1. The Balaban J connectivity index is 0.000000190. The Kier molecular flexibility index (Phi) is 12.9. The van der Waals surface area contributed by atoms with Gasteiger partial charge in [-0.3, -0.25) is 4.90 Å². The Morgan fingerprint density at radius 3 is 1.20 bits per heavy atom.